The van der Waals surface area contributed by atoms with Crippen molar-refractivity contribution in [1.82, 2.24) is 9.80 Å². The summed E-state index contributed by atoms with van der Waals surface area (Å²) >= 11 is 0. The number of rotatable bonds is 2. The summed E-state index contributed by atoms with van der Waals surface area (Å²) in [6.07, 6.45) is 1.38. The number of nitrogens with zero attached hydrogens (tertiary/aromatic N) is 2. The molecule has 1 saturated heterocycles. The fourth-order valence-corrected chi connectivity index (χ4v) is 2.41. The van der Waals surface area contributed by atoms with Gasteiger partial charge in [0, 0.05) is 26.1 Å². The Morgan fingerprint density at radius 2 is 1.94 bits per heavy atom. The van der Waals surface area contributed by atoms with E-state index in [1.165, 1.54) is 4.90 Å². The molecule has 5 nitrogen and oxygen atoms in total. The summed E-state index contributed by atoms with van der Waals surface area (Å²) in [5.74, 6) is -0.0961. The molecule has 1 heterocycles. The number of urea groups is 1. The Morgan fingerprint density at radius 1 is 1.35 bits per heavy atom. The third-order valence-corrected chi connectivity index (χ3v) is 3.43. The van der Waals surface area contributed by atoms with Crippen molar-refractivity contribution in [3.8, 4) is 0 Å². The Balaban J connectivity index is 2.11. The molecule has 1 aliphatic heterocycles. The summed E-state index contributed by atoms with van der Waals surface area (Å²) in [6.45, 7) is 4.62. The fraction of sp³-hybridized carbons (Fsp3) is 0.833. The van der Waals surface area contributed by atoms with Gasteiger partial charge in [0.15, 0.2) is 6.23 Å². The van der Waals surface area contributed by atoms with Crippen LogP contribution in [-0.2, 0) is 9.53 Å². The highest BCUT2D eigenvalue weighted by Gasteiger charge is 2.46. The first-order chi connectivity index (χ1) is 7.83. The molecule has 17 heavy (non-hydrogen) atoms. The second-order valence-corrected chi connectivity index (χ2v) is 5.80. The molecule has 0 bridgehead atoms. The molecule has 0 aromatic carbocycles. The van der Waals surface area contributed by atoms with E-state index in [-0.39, 0.29) is 23.3 Å². The summed E-state index contributed by atoms with van der Waals surface area (Å²) in [5, 5.41) is 0. The number of hydrogen-bond acceptors (Lipinski definition) is 3. The van der Waals surface area contributed by atoms with Gasteiger partial charge < -0.3 is 9.64 Å². The quantitative estimate of drug-likeness (QED) is 0.683. The minimum Gasteiger partial charge on any atom is -0.441 e. The van der Waals surface area contributed by atoms with Gasteiger partial charge in [0.1, 0.15) is 0 Å². The number of ether oxygens (including phenoxy) is 1. The molecular weight excluding hydrogens is 220 g/mol. The smallest absolute Gasteiger partial charge is 0.322 e. The van der Waals surface area contributed by atoms with Crippen molar-refractivity contribution in [2.24, 2.45) is 11.3 Å². The molecule has 2 amide bonds. The number of esters is 1. The predicted molar refractivity (Wildman–Crippen MR) is 62.2 cm³/mol. The van der Waals surface area contributed by atoms with E-state index in [0.29, 0.717) is 6.54 Å². The summed E-state index contributed by atoms with van der Waals surface area (Å²) < 4.78 is 5.50. The largest absolute Gasteiger partial charge is 0.441 e. The zero-order valence-corrected chi connectivity index (χ0v) is 10.9. The van der Waals surface area contributed by atoms with Crippen LogP contribution in [0.2, 0.25) is 0 Å². The van der Waals surface area contributed by atoms with Gasteiger partial charge in [-0.05, 0) is 12.8 Å². The van der Waals surface area contributed by atoms with Gasteiger partial charge in [0.25, 0.3) is 0 Å². The van der Waals surface area contributed by atoms with Crippen LogP contribution in [0, 0.1) is 11.3 Å². The van der Waals surface area contributed by atoms with Crippen LogP contribution >= 0.6 is 0 Å². The Morgan fingerprint density at radius 3 is 2.47 bits per heavy atom. The summed E-state index contributed by atoms with van der Waals surface area (Å²) in [6, 6.07) is -0.0991. The molecule has 1 atom stereocenters. The highest BCUT2D eigenvalue weighted by atomic mass is 16.6. The maximum Gasteiger partial charge on any atom is 0.322 e. The van der Waals surface area contributed by atoms with Crippen molar-refractivity contribution in [3.05, 3.63) is 0 Å². The highest BCUT2D eigenvalue weighted by molar-refractivity contribution is 5.77. The molecule has 0 N–H and O–H groups in total. The van der Waals surface area contributed by atoms with E-state index >= 15 is 0 Å². The number of hydrogen-bond donors (Lipinski definition) is 0. The van der Waals surface area contributed by atoms with E-state index < -0.39 is 6.23 Å². The normalized spacial score (nSPS) is 28.2. The lowest BCUT2D eigenvalue weighted by molar-refractivity contribution is -0.174. The van der Waals surface area contributed by atoms with E-state index in [0.717, 1.165) is 12.8 Å². The first-order valence-electron chi connectivity index (χ1n) is 6.01. The third-order valence-electron chi connectivity index (χ3n) is 3.43. The molecule has 1 saturated carbocycles. The van der Waals surface area contributed by atoms with Gasteiger partial charge >= 0.3 is 12.0 Å². The van der Waals surface area contributed by atoms with Gasteiger partial charge in [-0.3, -0.25) is 9.69 Å². The van der Waals surface area contributed by atoms with Gasteiger partial charge in [-0.1, -0.05) is 13.8 Å². The molecule has 0 aromatic rings. The molecule has 2 rings (SSSR count). The van der Waals surface area contributed by atoms with Gasteiger partial charge in [0.05, 0.1) is 5.92 Å². The molecule has 0 aromatic heterocycles. The van der Waals surface area contributed by atoms with Crippen molar-refractivity contribution >= 4 is 12.0 Å². The van der Waals surface area contributed by atoms with E-state index in [1.54, 1.807) is 19.0 Å². The highest BCUT2D eigenvalue weighted by Crippen LogP contribution is 2.35. The van der Waals surface area contributed by atoms with Crippen LogP contribution in [0.3, 0.4) is 0 Å². The standard InChI is InChI=1S/C12H20N2O3/c1-12(2)7-13(3)11(16)14(4)10(12)17-9(15)8-5-6-8/h8,10H,5-7H2,1-4H3. The van der Waals surface area contributed by atoms with Crippen LogP contribution in [0.4, 0.5) is 4.79 Å². The van der Waals surface area contributed by atoms with E-state index in [4.69, 9.17) is 4.74 Å². The maximum atomic E-state index is 11.9. The molecule has 96 valence electrons. The van der Waals surface area contributed by atoms with Gasteiger partial charge in [0.2, 0.25) is 0 Å². The Kier molecular flexibility index (Phi) is 2.79. The molecule has 0 spiro atoms. The second-order valence-electron chi connectivity index (χ2n) is 5.80. The molecule has 2 aliphatic rings. The minimum absolute atomic E-state index is 0.0639. The monoisotopic (exact) mass is 240 g/mol. The van der Waals surface area contributed by atoms with Crippen LogP contribution in [-0.4, -0.2) is 48.7 Å². The van der Waals surface area contributed by atoms with Crippen LogP contribution in [0.25, 0.3) is 0 Å². The number of amides is 2. The Labute approximate surface area is 102 Å². The average Bonchev–Trinajstić information content (AvgIpc) is 3.04. The molecule has 1 unspecified atom stereocenters. The summed E-state index contributed by atoms with van der Waals surface area (Å²) in [4.78, 5) is 26.7. The molecule has 2 fully saturated rings. The van der Waals surface area contributed by atoms with Crippen molar-refractivity contribution in [2.45, 2.75) is 32.9 Å². The Bertz CT molecular complexity index is 350. The topological polar surface area (TPSA) is 49.9 Å². The van der Waals surface area contributed by atoms with Crippen molar-refractivity contribution < 1.29 is 14.3 Å². The van der Waals surface area contributed by atoms with E-state index in [1.807, 2.05) is 13.8 Å². The van der Waals surface area contributed by atoms with Gasteiger partial charge in [-0.2, -0.15) is 0 Å². The lowest BCUT2D eigenvalue weighted by atomic mass is 9.88. The summed E-state index contributed by atoms with van der Waals surface area (Å²) in [7, 11) is 3.45. The first kappa shape index (κ1) is 12.2. The predicted octanol–water partition coefficient (Wildman–Crippen LogP) is 1.29. The molecule has 0 radical (unpaired) electrons. The zero-order chi connectivity index (χ0) is 12.8. The average molecular weight is 240 g/mol. The number of carbonyl (C=O) groups excluding carboxylic acids is 2. The zero-order valence-electron chi connectivity index (χ0n) is 10.9. The Hall–Kier alpha value is -1.26. The molecular formula is C12H20N2O3. The van der Waals surface area contributed by atoms with Crippen LogP contribution in [0.5, 0.6) is 0 Å². The second kappa shape index (κ2) is 3.89. The fourth-order valence-electron chi connectivity index (χ4n) is 2.41. The third kappa shape index (κ3) is 2.23. The van der Waals surface area contributed by atoms with Gasteiger partial charge in [-0.15, -0.1) is 0 Å². The van der Waals surface area contributed by atoms with E-state index in [2.05, 4.69) is 0 Å². The lowest BCUT2D eigenvalue weighted by Crippen LogP contribution is -2.61. The van der Waals surface area contributed by atoms with Crippen LogP contribution in [0.1, 0.15) is 26.7 Å². The van der Waals surface area contributed by atoms with E-state index in [9.17, 15) is 9.59 Å². The first-order valence-corrected chi connectivity index (χ1v) is 6.01. The van der Waals surface area contributed by atoms with Crippen molar-refractivity contribution in [2.75, 3.05) is 20.6 Å². The molecule has 5 heteroatoms. The SMILES string of the molecule is CN1CC(C)(C)C(OC(=O)C2CC2)N(C)C1=O. The summed E-state index contributed by atoms with van der Waals surface area (Å²) in [5.41, 5.74) is -0.248. The van der Waals surface area contributed by atoms with Gasteiger partial charge in [-0.25, -0.2) is 4.79 Å². The van der Waals surface area contributed by atoms with Crippen molar-refractivity contribution in [3.63, 3.8) is 0 Å². The minimum atomic E-state index is -0.459. The lowest BCUT2D eigenvalue weighted by Gasteiger charge is -2.47. The van der Waals surface area contributed by atoms with Crippen LogP contribution < -0.4 is 0 Å². The molecule has 1 aliphatic carbocycles. The number of carbonyl (C=O) groups is 2. The van der Waals surface area contributed by atoms with Crippen LogP contribution in [0.15, 0.2) is 0 Å². The maximum absolute atomic E-state index is 11.9. The van der Waals surface area contributed by atoms with Crippen molar-refractivity contribution in [1.29, 1.82) is 0 Å².